The molecule has 24 heavy (non-hydrogen) atoms. The van der Waals surface area contributed by atoms with Crippen LogP contribution in [0.5, 0.6) is 0 Å². The fourth-order valence-corrected chi connectivity index (χ4v) is 5.12. The maximum Gasteiger partial charge on any atom is 0.187 e. The highest BCUT2D eigenvalue weighted by atomic mass is 16.3. The van der Waals surface area contributed by atoms with Crippen LogP contribution in [0.4, 0.5) is 0 Å². The largest absolute Gasteiger partial charge is 0.382 e. The average molecular weight is 332 g/mol. The Balaban J connectivity index is 2.28. The van der Waals surface area contributed by atoms with Crippen LogP contribution in [0.3, 0.4) is 0 Å². The van der Waals surface area contributed by atoms with Crippen LogP contribution in [-0.4, -0.2) is 33.0 Å². The SMILES string of the molecule is CC(C)C1=C[C@H]2[C@@H]3[C@@H](C(C(C)C)=CC(=O)[C@]3(C)O)[C@@H]1C(=O)[C@]2(C)O. The van der Waals surface area contributed by atoms with Crippen molar-refractivity contribution in [2.75, 3.05) is 0 Å². The van der Waals surface area contributed by atoms with Gasteiger partial charge >= 0.3 is 0 Å². The van der Waals surface area contributed by atoms with Crippen LogP contribution in [0.25, 0.3) is 0 Å². The van der Waals surface area contributed by atoms with Crippen molar-refractivity contribution >= 4 is 11.6 Å². The number of hydrogen-bond acceptors (Lipinski definition) is 4. The predicted molar refractivity (Wildman–Crippen MR) is 91.1 cm³/mol. The topological polar surface area (TPSA) is 74.6 Å². The molecule has 0 aromatic rings. The third kappa shape index (κ3) is 2.05. The molecule has 0 amide bonds. The number of Topliss-reactive ketones (excluding diaryl/α,β-unsaturated/α-hetero) is 1. The van der Waals surface area contributed by atoms with Crippen LogP contribution in [0.2, 0.25) is 0 Å². The molecule has 0 spiro atoms. The predicted octanol–water partition coefficient (Wildman–Crippen LogP) is 2.30. The lowest BCUT2D eigenvalue weighted by Crippen LogP contribution is -2.68. The Bertz CT molecular complexity index is 663. The standard InChI is InChI=1S/C20H28O4/c1-9(2)11-7-13-17-15(16(11)18(22)19(13,5)23)12(10(3)4)8-14(21)20(17,6)24/h7-10,13,15-17,23-24H,1-6H3/t13-,15-,16+,17+,19+,20-/m0/s1. The summed E-state index contributed by atoms with van der Waals surface area (Å²) < 4.78 is 0. The maximum absolute atomic E-state index is 13.1. The molecule has 4 aliphatic rings. The third-order valence-corrected chi connectivity index (χ3v) is 6.46. The maximum atomic E-state index is 13.1. The zero-order valence-corrected chi connectivity index (χ0v) is 15.3. The smallest absolute Gasteiger partial charge is 0.187 e. The van der Waals surface area contributed by atoms with Crippen LogP contribution < -0.4 is 0 Å². The first-order chi connectivity index (χ1) is 10.9. The Hall–Kier alpha value is -1.26. The van der Waals surface area contributed by atoms with Crippen molar-refractivity contribution in [3.8, 4) is 0 Å². The number of rotatable bonds is 2. The van der Waals surface area contributed by atoms with Crippen molar-refractivity contribution in [3.63, 3.8) is 0 Å². The second-order valence-electron chi connectivity index (χ2n) is 8.70. The van der Waals surface area contributed by atoms with Gasteiger partial charge in [0.05, 0.1) is 0 Å². The van der Waals surface area contributed by atoms with Gasteiger partial charge in [0, 0.05) is 23.7 Å². The summed E-state index contributed by atoms with van der Waals surface area (Å²) in [7, 11) is 0. The Morgan fingerprint density at radius 3 is 2.00 bits per heavy atom. The molecular formula is C20H28O4. The molecule has 6 atom stereocenters. The zero-order chi connectivity index (χ0) is 18.2. The molecule has 0 heterocycles. The minimum Gasteiger partial charge on any atom is -0.382 e. The number of hydrogen-bond donors (Lipinski definition) is 2. The van der Waals surface area contributed by atoms with Gasteiger partial charge in [-0.1, -0.05) is 44.9 Å². The number of allylic oxidation sites excluding steroid dienone is 2. The van der Waals surface area contributed by atoms with E-state index in [0.717, 1.165) is 11.1 Å². The van der Waals surface area contributed by atoms with E-state index in [-0.39, 0.29) is 29.3 Å². The fourth-order valence-electron chi connectivity index (χ4n) is 5.12. The van der Waals surface area contributed by atoms with E-state index in [4.69, 9.17) is 0 Å². The molecule has 1 saturated carbocycles. The molecular weight excluding hydrogens is 304 g/mol. The quantitative estimate of drug-likeness (QED) is 0.761. The Labute approximate surface area is 143 Å². The number of carbonyl (C=O) groups is 2. The summed E-state index contributed by atoms with van der Waals surface area (Å²) >= 11 is 0. The van der Waals surface area contributed by atoms with E-state index < -0.39 is 29.0 Å². The fraction of sp³-hybridized carbons (Fsp3) is 0.700. The van der Waals surface area contributed by atoms with E-state index in [1.54, 1.807) is 6.08 Å². The Kier molecular flexibility index (Phi) is 3.75. The van der Waals surface area contributed by atoms with E-state index in [0.29, 0.717) is 0 Å². The molecule has 4 aliphatic carbocycles. The van der Waals surface area contributed by atoms with Gasteiger partial charge in [-0.05, 0) is 31.8 Å². The van der Waals surface area contributed by atoms with E-state index in [1.165, 1.54) is 13.8 Å². The van der Waals surface area contributed by atoms with Gasteiger partial charge in [0.15, 0.2) is 11.6 Å². The van der Waals surface area contributed by atoms with Gasteiger partial charge in [0.25, 0.3) is 0 Å². The highest BCUT2D eigenvalue weighted by Gasteiger charge is 2.66. The highest BCUT2D eigenvalue weighted by molar-refractivity contribution is 6.01. The second-order valence-corrected chi connectivity index (χ2v) is 8.70. The minimum atomic E-state index is -1.56. The normalized spacial score (nSPS) is 44.8. The van der Waals surface area contributed by atoms with Crippen LogP contribution >= 0.6 is 0 Å². The van der Waals surface area contributed by atoms with Crippen molar-refractivity contribution in [3.05, 3.63) is 23.3 Å². The van der Waals surface area contributed by atoms with Crippen molar-refractivity contribution in [2.24, 2.45) is 35.5 Å². The van der Waals surface area contributed by atoms with Crippen molar-refractivity contribution in [1.29, 1.82) is 0 Å². The molecule has 0 aliphatic heterocycles. The number of carbonyl (C=O) groups excluding carboxylic acids is 2. The summed E-state index contributed by atoms with van der Waals surface area (Å²) in [5, 5.41) is 21.8. The van der Waals surface area contributed by atoms with Crippen molar-refractivity contribution in [2.45, 2.75) is 52.7 Å². The highest BCUT2D eigenvalue weighted by Crippen LogP contribution is 2.59. The number of aliphatic hydroxyl groups is 2. The molecule has 0 aromatic heterocycles. The molecule has 0 radical (unpaired) electrons. The van der Waals surface area contributed by atoms with Crippen molar-refractivity contribution < 1.29 is 19.8 Å². The van der Waals surface area contributed by atoms with Gasteiger partial charge in [0.2, 0.25) is 0 Å². The molecule has 4 heteroatoms. The molecule has 4 nitrogen and oxygen atoms in total. The molecule has 1 fully saturated rings. The summed E-state index contributed by atoms with van der Waals surface area (Å²) in [5.41, 5.74) is -1.13. The van der Waals surface area contributed by atoms with Crippen molar-refractivity contribution in [1.82, 2.24) is 0 Å². The second kappa shape index (κ2) is 5.12. The number of fused-ring (bicyclic) bond motifs is 1. The Morgan fingerprint density at radius 1 is 0.958 bits per heavy atom. The summed E-state index contributed by atoms with van der Waals surface area (Å²) in [6.07, 6.45) is 3.51. The van der Waals surface area contributed by atoms with Gasteiger partial charge in [-0.15, -0.1) is 0 Å². The molecule has 0 aromatic carbocycles. The lowest BCUT2D eigenvalue weighted by Gasteiger charge is -2.59. The molecule has 132 valence electrons. The lowest BCUT2D eigenvalue weighted by atomic mass is 9.45. The molecule has 0 saturated heterocycles. The zero-order valence-electron chi connectivity index (χ0n) is 15.3. The average Bonchev–Trinajstić information content (AvgIpc) is 2.46. The van der Waals surface area contributed by atoms with Gasteiger partial charge in [-0.3, -0.25) is 9.59 Å². The Morgan fingerprint density at radius 2 is 1.50 bits per heavy atom. The summed E-state index contributed by atoms with van der Waals surface area (Å²) in [5.74, 6) is -1.86. The first-order valence-electron chi connectivity index (χ1n) is 8.88. The van der Waals surface area contributed by atoms with Crippen LogP contribution in [0.15, 0.2) is 23.3 Å². The summed E-state index contributed by atoms with van der Waals surface area (Å²) in [6, 6.07) is 0. The minimum absolute atomic E-state index is 0.114. The summed E-state index contributed by atoms with van der Waals surface area (Å²) in [4.78, 5) is 25.6. The summed E-state index contributed by atoms with van der Waals surface area (Å²) in [6.45, 7) is 11.2. The molecule has 4 rings (SSSR count). The van der Waals surface area contributed by atoms with Crippen LogP contribution in [-0.2, 0) is 9.59 Å². The first kappa shape index (κ1) is 17.6. The third-order valence-electron chi connectivity index (χ3n) is 6.46. The number of ketones is 2. The molecule has 0 unspecified atom stereocenters. The van der Waals surface area contributed by atoms with Crippen LogP contribution in [0.1, 0.15) is 41.5 Å². The van der Waals surface area contributed by atoms with E-state index in [2.05, 4.69) is 13.8 Å². The first-order valence-corrected chi connectivity index (χ1v) is 8.88. The molecule has 2 N–H and O–H groups in total. The van der Waals surface area contributed by atoms with Crippen LogP contribution in [0, 0.1) is 35.5 Å². The van der Waals surface area contributed by atoms with Gasteiger partial charge in [-0.2, -0.15) is 0 Å². The van der Waals surface area contributed by atoms with Gasteiger partial charge < -0.3 is 10.2 Å². The van der Waals surface area contributed by atoms with E-state index in [1.807, 2.05) is 19.9 Å². The monoisotopic (exact) mass is 332 g/mol. The van der Waals surface area contributed by atoms with Gasteiger partial charge in [0.1, 0.15) is 11.2 Å². The van der Waals surface area contributed by atoms with E-state index >= 15 is 0 Å². The van der Waals surface area contributed by atoms with E-state index in [9.17, 15) is 19.8 Å². The molecule has 2 bridgehead atoms. The van der Waals surface area contributed by atoms with Gasteiger partial charge in [-0.25, -0.2) is 0 Å². The lowest BCUT2D eigenvalue weighted by molar-refractivity contribution is -0.178.